The van der Waals surface area contributed by atoms with Crippen LogP contribution in [0.1, 0.15) is 21.5 Å². The Labute approximate surface area is 88.8 Å². The number of alkyl halides is 1. The summed E-state index contributed by atoms with van der Waals surface area (Å²) in [5.74, 6) is -0.0393. The lowest BCUT2D eigenvalue weighted by atomic mass is 10.0. The van der Waals surface area contributed by atoms with Crippen LogP contribution in [0.3, 0.4) is 0 Å². The van der Waals surface area contributed by atoms with Crippen molar-refractivity contribution in [3.05, 3.63) is 34.9 Å². The molecule has 1 aromatic carbocycles. The van der Waals surface area contributed by atoms with Crippen molar-refractivity contribution in [1.82, 2.24) is 0 Å². The average molecular weight is 213 g/mol. The lowest BCUT2D eigenvalue weighted by Gasteiger charge is -2.07. The molecule has 0 atom stereocenters. The highest BCUT2D eigenvalue weighted by molar-refractivity contribution is 6.30. The quantitative estimate of drug-likeness (QED) is 0.567. The number of Topliss-reactive ketones (excluding diaryl/α,β-unsaturated/α-hetero) is 1. The molecule has 1 aromatic rings. The van der Waals surface area contributed by atoms with Crippen molar-refractivity contribution in [2.24, 2.45) is 0 Å². The molecule has 1 rings (SSSR count). The van der Waals surface area contributed by atoms with Crippen LogP contribution in [0.4, 0.5) is 0 Å². The Kier molecular flexibility index (Phi) is 4.11. The normalized spacial score (nSPS) is 10.2. The summed E-state index contributed by atoms with van der Waals surface area (Å²) in [4.78, 5) is 11.5. The Bertz CT molecular complexity index is 334. The minimum absolute atomic E-state index is 0.0141. The van der Waals surface area contributed by atoms with Crippen molar-refractivity contribution in [3.63, 3.8) is 0 Å². The number of methoxy groups -OCH3 is 1. The number of benzene rings is 1. The largest absolute Gasteiger partial charge is 0.380 e. The lowest BCUT2D eigenvalue weighted by molar-refractivity contribution is 0.101. The fraction of sp³-hybridized carbons (Fsp3) is 0.364. The maximum absolute atomic E-state index is 11.5. The van der Waals surface area contributed by atoms with Crippen LogP contribution in [0.2, 0.25) is 0 Å². The van der Waals surface area contributed by atoms with Gasteiger partial charge in [-0.1, -0.05) is 17.7 Å². The summed E-state index contributed by atoms with van der Waals surface area (Å²) in [6.07, 6.45) is 0. The standard InChI is InChI=1S/C11H13ClO2/c1-8-3-4-9(7-14-2)10(5-8)11(13)6-12/h3-5H,6-7H2,1-2H3. The third kappa shape index (κ3) is 2.56. The van der Waals surface area contributed by atoms with E-state index in [1.807, 2.05) is 25.1 Å². The number of carbonyl (C=O) groups excluding carboxylic acids is 1. The monoisotopic (exact) mass is 212 g/mol. The molecule has 2 nitrogen and oxygen atoms in total. The van der Waals surface area contributed by atoms with Crippen LogP contribution in [0.25, 0.3) is 0 Å². The zero-order valence-electron chi connectivity index (χ0n) is 8.34. The van der Waals surface area contributed by atoms with Gasteiger partial charge in [-0.05, 0) is 18.6 Å². The summed E-state index contributed by atoms with van der Waals surface area (Å²) in [5.41, 5.74) is 2.61. The molecule has 0 aliphatic carbocycles. The summed E-state index contributed by atoms with van der Waals surface area (Å²) >= 11 is 5.52. The first-order valence-corrected chi connectivity index (χ1v) is 4.90. The van der Waals surface area contributed by atoms with Crippen molar-refractivity contribution in [3.8, 4) is 0 Å². The highest BCUT2D eigenvalue weighted by Crippen LogP contribution is 2.14. The molecule has 14 heavy (non-hydrogen) atoms. The number of ketones is 1. The number of aryl methyl sites for hydroxylation is 1. The molecule has 0 spiro atoms. The molecule has 0 unspecified atom stereocenters. The molecule has 0 heterocycles. The van der Waals surface area contributed by atoms with Crippen molar-refractivity contribution in [2.45, 2.75) is 13.5 Å². The van der Waals surface area contributed by atoms with E-state index in [1.165, 1.54) is 0 Å². The van der Waals surface area contributed by atoms with E-state index >= 15 is 0 Å². The molecule has 76 valence electrons. The van der Waals surface area contributed by atoms with E-state index in [0.717, 1.165) is 11.1 Å². The van der Waals surface area contributed by atoms with Gasteiger partial charge in [-0.25, -0.2) is 0 Å². The Morgan fingerprint density at radius 2 is 2.21 bits per heavy atom. The highest BCUT2D eigenvalue weighted by Gasteiger charge is 2.09. The summed E-state index contributed by atoms with van der Waals surface area (Å²) in [6.45, 7) is 2.39. The molecule has 0 aromatic heterocycles. The molecule has 0 saturated heterocycles. The summed E-state index contributed by atoms with van der Waals surface area (Å²) in [6, 6.07) is 5.71. The first-order valence-electron chi connectivity index (χ1n) is 4.36. The lowest BCUT2D eigenvalue weighted by Crippen LogP contribution is -2.06. The topological polar surface area (TPSA) is 26.3 Å². The smallest absolute Gasteiger partial charge is 0.177 e. The molecule has 0 N–H and O–H groups in total. The first-order chi connectivity index (χ1) is 6.69. The predicted octanol–water partition coefficient (Wildman–Crippen LogP) is 2.56. The van der Waals surface area contributed by atoms with Crippen LogP contribution in [-0.2, 0) is 11.3 Å². The van der Waals surface area contributed by atoms with Gasteiger partial charge in [0.2, 0.25) is 0 Å². The highest BCUT2D eigenvalue weighted by atomic mass is 35.5. The Morgan fingerprint density at radius 1 is 1.50 bits per heavy atom. The fourth-order valence-electron chi connectivity index (χ4n) is 1.30. The third-order valence-electron chi connectivity index (χ3n) is 1.99. The van der Waals surface area contributed by atoms with Crippen LogP contribution in [0.5, 0.6) is 0 Å². The van der Waals surface area contributed by atoms with Gasteiger partial charge in [-0.2, -0.15) is 0 Å². The average Bonchev–Trinajstić information content (AvgIpc) is 2.20. The minimum Gasteiger partial charge on any atom is -0.380 e. The molecule has 0 aliphatic heterocycles. The molecule has 0 bridgehead atoms. The van der Waals surface area contributed by atoms with E-state index in [2.05, 4.69) is 0 Å². The number of rotatable bonds is 4. The van der Waals surface area contributed by atoms with Crippen molar-refractivity contribution < 1.29 is 9.53 Å². The number of halogens is 1. The minimum atomic E-state index is -0.0533. The molecular formula is C11H13ClO2. The molecular weight excluding hydrogens is 200 g/mol. The van der Waals surface area contributed by atoms with E-state index in [9.17, 15) is 4.79 Å². The Hall–Kier alpha value is -0.860. The van der Waals surface area contributed by atoms with Crippen molar-refractivity contribution in [1.29, 1.82) is 0 Å². The summed E-state index contributed by atoms with van der Waals surface area (Å²) in [5, 5.41) is 0. The Morgan fingerprint density at radius 3 is 2.79 bits per heavy atom. The summed E-state index contributed by atoms with van der Waals surface area (Å²) in [7, 11) is 1.61. The van der Waals surface area contributed by atoms with Crippen molar-refractivity contribution >= 4 is 17.4 Å². The number of hydrogen-bond donors (Lipinski definition) is 0. The van der Waals surface area contributed by atoms with Gasteiger partial charge < -0.3 is 4.74 Å². The van der Waals surface area contributed by atoms with E-state index < -0.39 is 0 Å². The van der Waals surface area contributed by atoms with E-state index in [4.69, 9.17) is 16.3 Å². The second-order valence-electron chi connectivity index (χ2n) is 3.15. The van der Waals surface area contributed by atoms with E-state index in [0.29, 0.717) is 12.2 Å². The maximum atomic E-state index is 11.5. The van der Waals surface area contributed by atoms with Crippen LogP contribution in [-0.4, -0.2) is 18.8 Å². The van der Waals surface area contributed by atoms with E-state index in [1.54, 1.807) is 7.11 Å². The summed E-state index contributed by atoms with van der Waals surface area (Å²) < 4.78 is 5.01. The van der Waals surface area contributed by atoms with Crippen molar-refractivity contribution in [2.75, 3.05) is 13.0 Å². The van der Waals surface area contributed by atoms with Gasteiger partial charge in [-0.3, -0.25) is 4.79 Å². The van der Waals surface area contributed by atoms with Crippen LogP contribution >= 0.6 is 11.6 Å². The second-order valence-corrected chi connectivity index (χ2v) is 3.42. The number of hydrogen-bond acceptors (Lipinski definition) is 2. The van der Waals surface area contributed by atoms with Gasteiger partial charge in [-0.15, -0.1) is 11.6 Å². The molecule has 0 radical (unpaired) electrons. The van der Waals surface area contributed by atoms with Gasteiger partial charge in [0.1, 0.15) is 0 Å². The molecule has 0 saturated carbocycles. The van der Waals surface area contributed by atoms with Crippen LogP contribution in [0, 0.1) is 6.92 Å². The van der Waals surface area contributed by atoms with Crippen LogP contribution in [0.15, 0.2) is 18.2 Å². The van der Waals surface area contributed by atoms with Gasteiger partial charge in [0.15, 0.2) is 5.78 Å². The fourth-order valence-corrected chi connectivity index (χ4v) is 1.45. The molecule has 0 aliphatic rings. The first kappa shape index (κ1) is 11.2. The second kappa shape index (κ2) is 5.13. The molecule has 0 fully saturated rings. The number of carbonyl (C=O) groups is 1. The van der Waals surface area contributed by atoms with Gasteiger partial charge >= 0.3 is 0 Å². The Balaban J connectivity index is 3.08. The maximum Gasteiger partial charge on any atom is 0.177 e. The van der Waals surface area contributed by atoms with Gasteiger partial charge in [0, 0.05) is 12.7 Å². The zero-order valence-corrected chi connectivity index (χ0v) is 9.10. The predicted molar refractivity (Wildman–Crippen MR) is 56.9 cm³/mol. The zero-order chi connectivity index (χ0) is 10.6. The molecule has 3 heteroatoms. The third-order valence-corrected chi connectivity index (χ3v) is 2.23. The van der Waals surface area contributed by atoms with Gasteiger partial charge in [0.05, 0.1) is 12.5 Å². The SMILES string of the molecule is COCc1ccc(C)cc1C(=O)CCl. The number of ether oxygens (including phenoxy) is 1. The van der Waals surface area contributed by atoms with E-state index in [-0.39, 0.29) is 11.7 Å². The van der Waals surface area contributed by atoms with Crippen LogP contribution < -0.4 is 0 Å². The van der Waals surface area contributed by atoms with Gasteiger partial charge in [0.25, 0.3) is 0 Å². The molecule has 0 amide bonds.